The van der Waals surface area contributed by atoms with Crippen LogP contribution in [-0.2, 0) is 11.2 Å². The van der Waals surface area contributed by atoms with Crippen molar-refractivity contribution in [1.29, 1.82) is 0 Å². The maximum absolute atomic E-state index is 12.3. The van der Waals surface area contributed by atoms with Gasteiger partial charge in [-0.15, -0.1) is 11.8 Å². The van der Waals surface area contributed by atoms with E-state index in [9.17, 15) is 4.79 Å². The van der Waals surface area contributed by atoms with Gasteiger partial charge in [0.25, 0.3) is 0 Å². The first-order valence-corrected chi connectivity index (χ1v) is 8.66. The molecular formula is C16H17N5O2S. The van der Waals surface area contributed by atoms with Crippen molar-refractivity contribution in [2.24, 2.45) is 0 Å². The molecule has 0 aliphatic heterocycles. The van der Waals surface area contributed by atoms with Crippen molar-refractivity contribution in [3.63, 3.8) is 0 Å². The van der Waals surface area contributed by atoms with Crippen molar-refractivity contribution in [2.75, 3.05) is 11.6 Å². The Hall–Kier alpha value is -2.61. The summed E-state index contributed by atoms with van der Waals surface area (Å²) in [4.78, 5) is 17.3. The predicted octanol–water partition coefficient (Wildman–Crippen LogP) is 2.86. The van der Waals surface area contributed by atoms with Gasteiger partial charge in [0.15, 0.2) is 5.82 Å². The van der Waals surface area contributed by atoms with E-state index in [-0.39, 0.29) is 12.3 Å². The fourth-order valence-corrected chi connectivity index (χ4v) is 2.70. The van der Waals surface area contributed by atoms with Gasteiger partial charge < -0.3 is 9.84 Å². The lowest BCUT2D eigenvalue weighted by Gasteiger charge is -2.10. The number of aromatic nitrogens is 4. The second kappa shape index (κ2) is 7.31. The summed E-state index contributed by atoms with van der Waals surface area (Å²) in [6.45, 7) is 1.75. The average Bonchev–Trinajstić information content (AvgIpc) is 3.20. The molecule has 0 unspecified atom stereocenters. The highest BCUT2D eigenvalue weighted by Crippen LogP contribution is 2.27. The van der Waals surface area contributed by atoms with E-state index in [1.807, 2.05) is 36.6 Å². The maximum Gasteiger partial charge on any atom is 0.227 e. The van der Waals surface area contributed by atoms with Gasteiger partial charge in [0.05, 0.1) is 16.8 Å². The number of hydrogen-bond donors (Lipinski definition) is 1. The van der Waals surface area contributed by atoms with Gasteiger partial charge in [0, 0.05) is 12.8 Å². The van der Waals surface area contributed by atoms with E-state index in [0.29, 0.717) is 24.0 Å². The Labute approximate surface area is 143 Å². The normalized spacial score (nSPS) is 10.8. The van der Waals surface area contributed by atoms with Gasteiger partial charge in [-0.1, -0.05) is 23.4 Å². The largest absolute Gasteiger partial charge is 0.339 e. The van der Waals surface area contributed by atoms with Crippen LogP contribution in [0.3, 0.4) is 0 Å². The second-order valence-corrected chi connectivity index (χ2v) is 5.94. The molecular weight excluding hydrogens is 326 g/mol. The molecule has 3 aromatic rings. The second-order valence-electron chi connectivity index (χ2n) is 5.09. The number of benzene rings is 1. The molecule has 0 atom stereocenters. The summed E-state index contributed by atoms with van der Waals surface area (Å²) in [5.41, 5.74) is 0.889. The van der Waals surface area contributed by atoms with Crippen LogP contribution in [0.5, 0.6) is 0 Å². The number of hydrogen-bond acceptors (Lipinski definition) is 6. The number of rotatable bonds is 6. The fraction of sp³-hybridized carbons (Fsp3) is 0.250. The lowest BCUT2D eigenvalue weighted by Crippen LogP contribution is -2.16. The first kappa shape index (κ1) is 16.3. The Morgan fingerprint density at radius 3 is 2.79 bits per heavy atom. The number of carbonyl (C=O) groups is 1. The lowest BCUT2D eigenvalue weighted by atomic mass is 10.3. The number of carbonyl (C=O) groups excluding carboxylic acids is 1. The molecule has 2 heterocycles. The molecule has 1 amide bonds. The fourth-order valence-electron chi connectivity index (χ4n) is 2.22. The van der Waals surface area contributed by atoms with Gasteiger partial charge >= 0.3 is 0 Å². The number of aryl methyl sites for hydroxylation is 2. The van der Waals surface area contributed by atoms with E-state index in [2.05, 4.69) is 20.6 Å². The Balaban J connectivity index is 1.74. The molecule has 124 valence electrons. The number of nitrogens with one attached hydrogen (secondary N) is 1. The Kier molecular flexibility index (Phi) is 4.95. The van der Waals surface area contributed by atoms with Crippen LogP contribution in [0, 0.1) is 6.92 Å². The minimum atomic E-state index is -0.126. The zero-order chi connectivity index (χ0) is 16.9. The molecule has 0 radical (unpaired) electrons. The molecule has 0 aliphatic carbocycles. The monoisotopic (exact) mass is 343 g/mol. The van der Waals surface area contributed by atoms with E-state index >= 15 is 0 Å². The van der Waals surface area contributed by atoms with Crippen LogP contribution < -0.4 is 5.32 Å². The van der Waals surface area contributed by atoms with Crippen LogP contribution in [0.15, 0.2) is 45.9 Å². The molecule has 0 aliphatic rings. The minimum Gasteiger partial charge on any atom is -0.339 e. The Bertz CT molecular complexity index is 828. The zero-order valence-corrected chi connectivity index (χ0v) is 14.2. The molecule has 3 rings (SSSR count). The summed E-state index contributed by atoms with van der Waals surface area (Å²) in [7, 11) is 0. The van der Waals surface area contributed by atoms with Crippen molar-refractivity contribution >= 4 is 23.5 Å². The molecule has 1 N–H and O–H groups in total. The summed E-state index contributed by atoms with van der Waals surface area (Å²) in [6.07, 6.45) is 4.36. The lowest BCUT2D eigenvalue weighted by molar-refractivity contribution is -0.116. The highest BCUT2D eigenvalue weighted by Gasteiger charge is 2.15. The third-order valence-electron chi connectivity index (χ3n) is 3.35. The molecule has 24 heavy (non-hydrogen) atoms. The number of thioether (sulfide) groups is 1. The molecule has 0 spiro atoms. The predicted molar refractivity (Wildman–Crippen MR) is 91.3 cm³/mol. The first-order valence-electron chi connectivity index (χ1n) is 7.44. The molecule has 0 saturated carbocycles. The van der Waals surface area contributed by atoms with Crippen LogP contribution in [0.4, 0.5) is 5.82 Å². The topological polar surface area (TPSA) is 85.8 Å². The Morgan fingerprint density at radius 2 is 2.12 bits per heavy atom. The maximum atomic E-state index is 12.3. The van der Waals surface area contributed by atoms with Crippen LogP contribution >= 0.6 is 11.8 Å². The van der Waals surface area contributed by atoms with E-state index in [1.165, 1.54) is 11.8 Å². The van der Waals surface area contributed by atoms with Crippen molar-refractivity contribution in [3.05, 3.63) is 48.2 Å². The summed E-state index contributed by atoms with van der Waals surface area (Å²) in [5, 5.41) is 11.0. The highest BCUT2D eigenvalue weighted by atomic mass is 32.2. The Morgan fingerprint density at radius 1 is 1.33 bits per heavy atom. The quantitative estimate of drug-likeness (QED) is 0.693. The first-order chi connectivity index (χ1) is 11.7. The van der Waals surface area contributed by atoms with Crippen molar-refractivity contribution < 1.29 is 9.32 Å². The van der Waals surface area contributed by atoms with Crippen LogP contribution in [-0.4, -0.2) is 32.1 Å². The highest BCUT2D eigenvalue weighted by molar-refractivity contribution is 7.98. The van der Waals surface area contributed by atoms with Crippen molar-refractivity contribution in [2.45, 2.75) is 24.7 Å². The third-order valence-corrected chi connectivity index (χ3v) is 4.09. The number of nitrogens with zero attached hydrogens (tertiary/aromatic N) is 4. The van der Waals surface area contributed by atoms with E-state index in [0.717, 1.165) is 10.6 Å². The van der Waals surface area contributed by atoms with Crippen LogP contribution in [0.1, 0.15) is 18.1 Å². The van der Waals surface area contributed by atoms with Crippen LogP contribution in [0.2, 0.25) is 0 Å². The van der Waals surface area contributed by atoms with Gasteiger partial charge in [-0.3, -0.25) is 4.79 Å². The number of amides is 1. The molecule has 0 saturated heterocycles. The van der Waals surface area contributed by atoms with Gasteiger partial charge in [-0.05, 0) is 25.3 Å². The van der Waals surface area contributed by atoms with E-state index < -0.39 is 0 Å². The molecule has 1 aromatic carbocycles. The van der Waals surface area contributed by atoms with Gasteiger partial charge in [-0.2, -0.15) is 10.1 Å². The average molecular weight is 343 g/mol. The van der Waals surface area contributed by atoms with Crippen LogP contribution in [0.25, 0.3) is 5.69 Å². The molecule has 2 aromatic heterocycles. The molecule has 0 fully saturated rings. The summed E-state index contributed by atoms with van der Waals surface area (Å²) in [5.74, 6) is 1.57. The number of anilines is 1. The standard InChI is InChI=1S/C16H17N5O2S/c1-11-18-15(23-20-11)9-8-14(22)19-16-13(24-2)10-17-21(16)12-6-4-3-5-7-12/h3-7,10H,8-9H2,1-2H3,(H,19,22). The van der Waals surface area contributed by atoms with Gasteiger partial charge in [0.1, 0.15) is 5.82 Å². The molecule has 7 nitrogen and oxygen atoms in total. The summed E-state index contributed by atoms with van der Waals surface area (Å²) >= 11 is 1.53. The smallest absolute Gasteiger partial charge is 0.227 e. The van der Waals surface area contributed by atoms with Gasteiger partial charge in [0.2, 0.25) is 11.8 Å². The number of para-hydroxylation sites is 1. The SMILES string of the molecule is CSc1cnn(-c2ccccc2)c1NC(=O)CCc1nc(C)no1. The third kappa shape index (κ3) is 3.65. The summed E-state index contributed by atoms with van der Waals surface area (Å²) < 4.78 is 6.75. The van der Waals surface area contributed by atoms with E-state index in [1.54, 1.807) is 17.8 Å². The van der Waals surface area contributed by atoms with Gasteiger partial charge in [-0.25, -0.2) is 4.68 Å². The van der Waals surface area contributed by atoms with Crippen molar-refractivity contribution in [1.82, 2.24) is 19.9 Å². The van der Waals surface area contributed by atoms with Crippen molar-refractivity contribution in [3.8, 4) is 5.69 Å². The van der Waals surface area contributed by atoms with E-state index in [4.69, 9.17) is 4.52 Å². The zero-order valence-electron chi connectivity index (χ0n) is 13.4. The molecule has 8 heteroatoms. The summed E-state index contributed by atoms with van der Waals surface area (Å²) in [6, 6.07) is 9.67. The minimum absolute atomic E-state index is 0.126. The molecule has 0 bridgehead atoms.